The minimum absolute atomic E-state index is 0.0229. The Hall–Kier alpha value is -4.25. The maximum atomic E-state index is 12.6. The number of aromatic amines is 1. The molecule has 2 heterocycles. The average Bonchev–Trinajstić information content (AvgIpc) is 3.22. The predicted octanol–water partition coefficient (Wildman–Crippen LogP) is 6.55. The van der Waals surface area contributed by atoms with Crippen molar-refractivity contribution in [1.29, 1.82) is 0 Å². The normalized spacial score (nSPS) is 11.1. The van der Waals surface area contributed by atoms with E-state index < -0.39 is 0 Å². The van der Waals surface area contributed by atoms with Crippen LogP contribution in [0.3, 0.4) is 0 Å². The number of aromatic nitrogens is 2. The van der Waals surface area contributed by atoms with Crippen molar-refractivity contribution in [2.45, 2.75) is 26.2 Å². The Morgan fingerprint density at radius 1 is 0.912 bits per heavy atom. The van der Waals surface area contributed by atoms with Gasteiger partial charge in [0.2, 0.25) is 5.91 Å². The number of nitrogens with one attached hydrogen (secondary N) is 2. The molecule has 5 rings (SSSR count). The first-order valence-electron chi connectivity index (χ1n) is 11.4. The highest BCUT2D eigenvalue weighted by Crippen LogP contribution is 2.31. The second-order valence-electron chi connectivity index (χ2n) is 8.45. The van der Waals surface area contributed by atoms with Crippen molar-refractivity contribution < 1.29 is 9.59 Å². The van der Waals surface area contributed by atoms with Gasteiger partial charge in [-0.05, 0) is 55.7 Å². The quantitative estimate of drug-likeness (QED) is 0.278. The number of amides is 1. The van der Waals surface area contributed by atoms with Crippen molar-refractivity contribution in [3.63, 3.8) is 0 Å². The number of nitrogens with zero attached hydrogens (tertiary/aromatic N) is 1. The minimum atomic E-state index is -0.0640. The third-order valence-corrected chi connectivity index (χ3v) is 6.05. The lowest BCUT2D eigenvalue weighted by Crippen LogP contribution is -2.12. The van der Waals surface area contributed by atoms with Crippen molar-refractivity contribution in [3.05, 3.63) is 96.1 Å². The van der Waals surface area contributed by atoms with Gasteiger partial charge in [0, 0.05) is 34.0 Å². The molecule has 3 aromatic carbocycles. The second-order valence-corrected chi connectivity index (χ2v) is 8.45. The van der Waals surface area contributed by atoms with Crippen LogP contribution in [0.2, 0.25) is 0 Å². The monoisotopic (exact) mass is 447 g/mol. The number of Topliss-reactive ketones (excluding diaryl/α,β-unsaturated/α-hetero) is 1. The van der Waals surface area contributed by atoms with Crippen molar-refractivity contribution >= 4 is 39.2 Å². The van der Waals surface area contributed by atoms with E-state index in [1.807, 2.05) is 36.4 Å². The van der Waals surface area contributed by atoms with E-state index in [1.54, 1.807) is 24.3 Å². The summed E-state index contributed by atoms with van der Waals surface area (Å²) < 4.78 is 0. The number of anilines is 1. The zero-order valence-corrected chi connectivity index (χ0v) is 19.0. The number of para-hydroxylation sites is 2. The highest BCUT2D eigenvalue weighted by Gasteiger charge is 2.15. The average molecular weight is 448 g/mol. The third-order valence-electron chi connectivity index (χ3n) is 6.05. The van der Waals surface area contributed by atoms with E-state index in [2.05, 4.69) is 34.6 Å². The smallest absolute Gasteiger partial charge is 0.224 e. The Morgan fingerprint density at radius 2 is 1.74 bits per heavy atom. The number of benzene rings is 3. The molecule has 5 aromatic rings. The minimum Gasteiger partial charge on any atom is -0.353 e. The number of hydrogen-bond donors (Lipinski definition) is 2. The van der Waals surface area contributed by atoms with Gasteiger partial charge in [-0.2, -0.15) is 0 Å². The third kappa shape index (κ3) is 4.46. The summed E-state index contributed by atoms with van der Waals surface area (Å²) in [4.78, 5) is 32.6. The van der Waals surface area contributed by atoms with Gasteiger partial charge in [-0.15, -0.1) is 0 Å². The molecule has 0 aliphatic carbocycles. The van der Waals surface area contributed by atoms with E-state index in [-0.39, 0.29) is 11.7 Å². The van der Waals surface area contributed by atoms with Crippen molar-refractivity contribution in [3.8, 4) is 11.4 Å². The molecule has 0 aliphatic heterocycles. The molecular weight excluding hydrogens is 422 g/mol. The molecule has 0 bridgehead atoms. The van der Waals surface area contributed by atoms with Crippen LogP contribution < -0.4 is 5.32 Å². The number of H-pyrrole nitrogens is 1. The summed E-state index contributed by atoms with van der Waals surface area (Å²) in [5, 5.41) is 5.17. The Balaban J connectivity index is 1.35. The summed E-state index contributed by atoms with van der Waals surface area (Å²) in [5.74, 6) is -0.0869. The Labute approximate surface area is 197 Å². The number of hydrogen-bond acceptors (Lipinski definition) is 3. The molecule has 5 nitrogen and oxygen atoms in total. The number of aryl methyl sites for hydroxylation is 1. The molecular formula is C29H25N3O2. The van der Waals surface area contributed by atoms with Gasteiger partial charge < -0.3 is 10.3 Å². The fourth-order valence-electron chi connectivity index (χ4n) is 4.35. The van der Waals surface area contributed by atoms with Gasteiger partial charge in [0.1, 0.15) is 0 Å². The number of carbonyl (C=O) groups excluding carboxylic acids is 2. The molecule has 2 N–H and O–H groups in total. The van der Waals surface area contributed by atoms with E-state index >= 15 is 0 Å². The van der Waals surface area contributed by atoms with Crippen LogP contribution in [-0.4, -0.2) is 21.7 Å². The zero-order valence-electron chi connectivity index (χ0n) is 19.0. The maximum Gasteiger partial charge on any atom is 0.224 e. The Bertz CT molecular complexity index is 1520. The van der Waals surface area contributed by atoms with Crippen LogP contribution in [0.25, 0.3) is 33.2 Å². The van der Waals surface area contributed by atoms with Crippen LogP contribution in [0.5, 0.6) is 0 Å². The van der Waals surface area contributed by atoms with Crippen LogP contribution in [0.4, 0.5) is 5.69 Å². The SMILES string of the molecule is CC(=O)c1cccc(NC(=O)CCCc2c(-c3ccc4ccccc4n3)[nH]c3ccccc23)c1. The maximum absolute atomic E-state index is 12.6. The fraction of sp³-hybridized carbons (Fsp3) is 0.138. The second kappa shape index (κ2) is 9.32. The molecule has 0 unspecified atom stereocenters. The van der Waals surface area contributed by atoms with Crippen LogP contribution in [0, 0.1) is 0 Å². The van der Waals surface area contributed by atoms with E-state index in [1.165, 1.54) is 12.5 Å². The van der Waals surface area contributed by atoms with Gasteiger partial charge in [0.05, 0.1) is 16.9 Å². The fourth-order valence-corrected chi connectivity index (χ4v) is 4.35. The van der Waals surface area contributed by atoms with Gasteiger partial charge in [-0.1, -0.05) is 54.6 Å². The molecule has 2 aromatic heterocycles. The Kier molecular flexibility index (Phi) is 5.91. The highest BCUT2D eigenvalue weighted by atomic mass is 16.1. The summed E-state index contributed by atoms with van der Waals surface area (Å²) >= 11 is 0. The zero-order chi connectivity index (χ0) is 23.5. The molecule has 5 heteroatoms. The molecule has 0 saturated heterocycles. The Morgan fingerprint density at radius 3 is 2.62 bits per heavy atom. The highest BCUT2D eigenvalue weighted by molar-refractivity contribution is 5.97. The molecule has 0 radical (unpaired) electrons. The number of carbonyl (C=O) groups is 2. The summed E-state index contributed by atoms with van der Waals surface area (Å²) in [5.41, 5.74) is 6.32. The largest absolute Gasteiger partial charge is 0.353 e. The van der Waals surface area contributed by atoms with Crippen molar-refractivity contribution in [1.82, 2.24) is 9.97 Å². The number of rotatable bonds is 7. The van der Waals surface area contributed by atoms with Gasteiger partial charge in [-0.25, -0.2) is 4.98 Å². The van der Waals surface area contributed by atoms with Crippen LogP contribution in [0.1, 0.15) is 35.7 Å². The summed E-state index contributed by atoms with van der Waals surface area (Å²) in [7, 11) is 0. The molecule has 1 amide bonds. The van der Waals surface area contributed by atoms with Crippen LogP contribution >= 0.6 is 0 Å². The number of pyridine rings is 1. The van der Waals surface area contributed by atoms with E-state index in [4.69, 9.17) is 4.98 Å². The number of ketones is 1. The standard InChI is InChI=1S/C29H25N3O2/c1-19(33)21-9-6-10-22(18-21)30-28(34)15-7-12-24-23-11-3-5-14-26(23)32-29(24)27-17-16-20-8-2-4-13-25(20)31-27/h2-6,8-11,13-14,16-18,32H,7,12,15H2,1H3,(H,30,34). The van der Waals surface area contributed by atoms with E-state index in [0.29, 0.717) is 24.1 Å². The predicted molar refractivity (Wildman–Crippen MR) is 137 cm³/mol. The lowest BCUT2D eigenvalue weighted by Gasteiger charge is -2.08. The lowest BCUT2D eigenvalue weighted by atomic mass is 10.0. The van der Waals surface area contributed by atoms with Gasteiger partial charge in [0.25, 0.3) is 0 Å². The summed E-state index contributed by atoms with van der Waals surface area (Å²) in [6.45, 7) is 1.52. The van der Waals surface area contributed by atoms with Crippen molar-refractivity contribution in [2.24, 2.45) is 0 Å². The molecule has 0 atom stereocenters. The first kappa shape index (κ1) is 21.6. The van der Waals surface area contributed by atoms with Crippen LogP contribution in [-0.2, 0) is 11.2 Å². The van der Waals surface area contributed by atoms with Gasteiger partial charge in [-0.3, -0.25) is 9.59 Å². The number of fused-ring (bicyclic) bond motifs is 2. The summed E-state index contributed by atoms with van der Waals surface area (Å²) in [6.07, 6.45) is 1.82. The van der Waals surface area contributed by atoms with Gasteiger partial charge >= 0.3 is 0 Å². The van der Waals surface area contributed by atoms with E-state index in [0.717, 1.165) is 39.6 Å². The lowest BCUT2D eigenvalue weighted by molar-refractivity contribution is -0.116. The van der Waals surface area contributed by atoms with Gasteiger partial charge in [0.15, 0.2) is 5.78 Å². The van der Waals surface area contributed by atoms with E-state index in [9.17, 15) is 9.59 Å². The first-order valence-corrected chi connectivity index (χ1v) is 11.4. The topological polar surface area (TPSA) is 74.8 Å². The molecule has 0 spiro atoms. The summed E-state index contributed by atoms with van der Waals surface area (Å²) in [6, 6.07) is 27.5. The van der Waals surface area contributed by atoms with Crippen molar-refractivity contribution in [2.75, 3.05) is 5.32 Å². The first-order chi connectivity index (χ1) is 16.6. The molecule has 0 aliphatic rings. The molecule has 168 valence electrons. The molecule has 0 saturated carbocycles. The molecule has 0 fully saturated rings. The van der Waals surface area contributed by atoms with Crippen LogP contribution in [0.15, 0.2) is 84.9 Å². The molecule has 34 heavy (non-hydrogen) atoms.